The maximum atomic E-state index is 12.2. The second kappa shape index (κ2) is 8.95. The lowest BCUT2D eigenvalue weighted by Crippen LogP contribution is -2.42. The Labute approximate surface area is 155 Å². The third-order valence-corrected chi connectivity index (χ3v) is 5.15. The fourth-order valence-corrected chi connectivity index (χ4v) is 3.55. The Hall–Kier alpha value is -2.19. The highest BCUT2D eigenvalue weighted by Crippen LogP contribution is 2.25. The van der Waals surface area contributed by atoms with Crippen molar-refractivity contribution in [2.45, 2.75) is 26.4 Å². The van der Waals surface area contributed by atoms with Gasteiger partial charge in [0.25, 0.3) is 0 Å². The summed E-state index contributed by atoms with van der Waals surface area (Å²) in [6, 6.07) is 5.73. The van der Waals surface area contributed by atoms with Crippen molar-refractivity contribution < 1.29 is 23.6 Å². The molecule has 140 valence electrons. The van der Waals surface area contributed by atoms with Crippen LogP contribution in [-0.2, 0) is 25.7 Å². The summed E-state index contributed by atoms with van der Waals surface area (Å²) in [5.74, 6) is 0.356. The number of piperidine rings is 1. The molecule has 3 rings (SSSR count). The number of esters is 1. The molecule has 1 aliphatic rings. The van der Waals surface area contributed by atoms with E-state index in [2.05, 4.69) is 5.16 Å². The van der Waals surface area contributed by atoms with Crippen LogP contribution in [-0.4, -0.2) is 48.2 Å². The minimum absolute atomic E-state index is 0.00866. The van der Waals surface area contributed by atoms with E-state index in [0.29, 0.717) is 44.0 Å². The van der Waals surface area contributed by atoms with Crippen molar-refractivity contribution in [3.8, 4) is 10.6 Å². The van der Waals surface area contributed by atoms with E-state index in [-0.39, 0.29) is 31.0 Å². The van der Waals surface area contributed by atoms with Gasteiger partial charge >= 0.3 is 5.97 Å². The molecule has 0 radical (unpaired) electrons. The third kappa shape index (κ3) is 4.70. The molecule has 0 atom stereocenters. The number of aromatic nitrogens is 1. The normalized spacial score (nSPS) is 15.2. The Bertz CT molecular complexity index is 720. The first kappa shape index (κ1) is 18.6. The number of carbonyl (C=O) groups is 2. The van der Waals surface area contributed by atoms with E-state index < -0.39 is 0 Å². The number of rotatable bonds is 7. The van der Waals surface area contributed by atoms with E-state index in [9.17, 15) is 9.59 Å². The summed E-state index contributed by atoms with van der Waals surface area (Å²) in [5, 5.41) is 5.93. The molecule has 7 nitrogen and oxygen atoms in total. The predicted octanol–water partition coefficient (Wildman–Crippen LogP) is 2.72. The molecule has 1 amide bonds. The largest absolute Gasteiger partial charge is 0.466 e. The molecule has 0 spiro atoms. The second-order valence-electron chi connectivity index (χ2n) is 6.06. The zero-order valence-electron chi connectivity index (χ0n) is 14.7. The SMILES string of the molecule is CCOC(=O)C1CCN(C(=O)COCc2cc(-c3cccs3)on2)CC1. The molecule has 3 heterocycles. The molecule has 1 aliphatic heterocycles. The maximum absolute atomic E-state index is 12.2. The number of likely N-dealkylation sites (tertiary alicyclic amines) is 1. The molecule has 0 bridgehead atoms. The minimum Gasteiger partial charge on any atom is -0.466 e. The zero-order valence-corrected chi connectivity index (χ0v) is 15.5. The van der Waals surface area contributed by atoms with Crippen molar-refractivity contribution in [1.82, 2.24) is 10.1 Å². The summed E-state index contributed by atoms with van der Waals surface area (Å²) in [6.07, 6.45) is 1.27. The van der Waals surface area contributed by atoms with E-state index in [1.165, 1.54) is 0 Å². The number of hydrogen-bond donors (Lipinski definition) is 0. The molecule has 0 unspecified atom stereocenters. The quantitative estimate of drug-likeness (QED) is 0.689. The average molecular weight is 378 g/mol. The lowest BCUT2D eigenvalue weighted by atomic mass is 9.97. The molecule has 26 heavy (non-hydrogen) atoms. The van der Waals surface area contributed by atoms with Crippen molar-refractivity contribution in [1.29, 1.82) is 0 Å². The van der Waals surface area contributed by atoms with E-state index in [1.807, 2.05) is 23.6 Å². The van der Waals surface area contributed by atoms with Crippen LogP contribution in [0, 0.1) is 5.92 Å². The highest BCUT2D eigenvalue weighted by molar-refractivity contribution is 7.13. The van der Waals surface area contributed by atoms with Crippen molar-refractivity contribution >= 4 is 23.2 Å². The van der Waals surface area contributed by atoms with Crippen LogP contribution in [0.3, 0.4) is 0 Å². The summed E-state index contributed by atoms with van der Waals surface area (Å²) in [4.78, 5) is 26.7. The zero-order chi connectivity index (χ0) is 18.4. The highest BCUT2D eigenvalue weighted by Gasteiger charge is 2.28. The lowest BCUT2D eigenvalue weighted by Gasteiger charge is -2.30. The maximum Gasteiger partial charge on any atom is 0.309 e. The lowest BCUT2D eigenvalue weighted by molar-refractivity contribution is -0.152. The number of nitrogens with zero attached hydrogens (tertiary/aromatic N) is 2. The van der Waals surface area contributed by atoms with Gasteiger partial charge in [0, 0.05) is 19.2 Å². The molecule has 2 aromatic rings. The molecule has 0 aliphatic carbocycles. The van der Waals surface area contributed by atoms with Crippen LogP contribution in [0.4, 0.5) is 0 Å². The van der Waals surface area contributed by atoms with Gasteiger partial charge in [0.15, 0.2) is 5.76 Å². The first-order chi connectivity index (χ1) is 12.7. The van der Waals surface area contributed by atoms with Crippen molar-refractivity contribution in [3.05, 3.63) is 29.3 Å². The highest BCUT2D eigenvalue weighted by atomic mass is 32.1. The molecule has 0 N–H and O–H groups in total. The second-order valence-corrected chi connectivity index (χ2v) is 7.01. The van der Waals surface area contributed by atoms with Crippen LogP contribution >= 0.6 is 11.3 Å². The van der Waals surface area contributed by atoms with Crippen LogP contribution in [0.1, 0.15) is 25.5 Å². The summed E-state index contributed by atoms with van der Waals surface area (Å²) >= 11 is 1.57. The summed E-state index contributed by atoms with van der Waals surface area (Å²) in [6.45, 7) is 3.51. The molecule has 0 saturated carbocycles. The van der Waals surface area contributed by atoms with Gasteiger partial charge in [-0.3, -0.25) is 9.59 Å². The van der Waals surface area contributed by atoms with Crippen LogP contribution < -0.4 is 0 Å². The van der Waals surface area contributed by atoms with Crippen LogP contribution in [0.25, 0.3) is 10.6 Å². The van der Waals surface area contributed by atoms with Crippen molar-refractivity contribution in [2.75, 3.05) is 26.3 Å². The first-order valence-corrected chi connectivity index (χ1v) is 9.57. The number of hydrogen-bond acceptors (Lipinski definition) is 7. The van der Waals surface area contributed by atoms with E-state index in [0.717, 1.165) is 4.88 Å². The standard InChI is InChI=1S/C18H22N2O5S/c1-2-24-18(22)13-5-7-20(8-6-13)17(21)12-23-11-14-10-15(25-19-14)16-4-3-9-26-16/h3-4,9-10,13H,2,5-8,11-12H2,1H3. The van der Waals surface area contributed by atoms with Gasteiger partial charge < -0.3 is 18.9 Å². The summed E-state index contributed by atoms with van der Waals surface area (Å²) in [7, 11) is 0. The van der Waals surface area contributed by atoms with Crippen LogP contribution in [0.5, 0.6) is 0 Å². The van der Waals surface area contributed by atoms with Gasteiger partial charge in [0.1, 0.15) is 12.3 Å². The van der Waals surface area contributed by atoms with Crippen LogP contribution in [0.15, 0.2) is 28.1 Å². The summed E-state index contributed by atoms with van der Waals surface area (Å²) in [5.41, 5.74) is 0.655. The van der Waals surface area contributed by atoms with Gasteiger partial charge in [0.2, 0.25) is 5.91 Å². The topological polar surface area (TPSA) is 81.9 Å². The molecule has 2 aromatic heterocycles. The Balaban J connectivity index is 1.39. The number of carbonyl (C=O) groups excluding carboxylic acids is 2. The summed E-state index contributed by atoms with van der Waals surface area (Å²) < 4.78 is 15.8. The van der Waals surface area contributed by atoms with E-state index in [1.54, 1.807) is 23.2 Å². The van der Waals surface area contributed by atoms with Gasteiger partial charge in [-0.2, -0.15) is 0 Å². The Morgan fingerprint density at radius 1 is 1.38 bits per heavy atom. The van der Waals surface area contributed by atoms with Gasteiger partial charge in [-0.1, -0.05) is 11.2 Å². The first-order valence-electron chi connectivity index (χ1n) is 8.69. The van der Waals surface area contributed by atoms with Gasteiger partial charge in [-0.05, 0) is 31.2 Å². The predicted molar refractivity (Wildman–Crippen MR) is 95.4 cm³/mol. The van der Waals surface area contributed by atoms with E-state index >= 15 is 0 Å². The van der Waals surface area contributed by atoms with Crippen molar-refractivity contribution in [3.63, 3.8) is 0 Å². The van der Waals surface area contributed by atoms with Gasteiger partial charge in [-0.25, -0.2) is 0 Å². The fraction of sp³-hybridized carbons (Fsp3) is 0.500. The Morgan fingerprint density at radius 2 is 2.19 bits per heavy atom. The fourth-order valence-electron chi connectivity index (χ4n) is 2.87. The van der Waals surface area contributed by atoms with Gasteiger partial charge in [0.05, 0.1) is 24.0 Å². The third-order valence-electron chi connectivity index (χ3n) is 4.27. The Morgan fingerprint density at radius 3 is 2.88 bits per heavy atom. The number of amides is 1. The molecule has 1 fully saturated rings. The van der Waals surface area contributed by atoms with Gasteiger partial charge in [-0.15, -0.1) is 11.3 Å². The monoisotopic (exact) mass is 378 g/mol. The molecular weight excluding hydrogens is 356 g/mol. The average Bonchev–Trinajstić information content (AvgIpc) is 3.33. The van der Waals surface area contributed by atoms with E-state index in [4.69, 9.17) is 14.0 Å². The Kier molecular flexibility index (Phi) is 6.40. The number of ether oxygens (including phenoxy) is 2. The minimum atomic E-state index is -0.163. The molecule has 0 aromatic carbocycles. The number of thiophene rings is 1. The smallest absolute Gasteiger partial charge is 0.309 e. The van der Waals surface area contributed by atoms with Crippen molar-refractivity contribution in [2.24, 2.45) is 5.92 Å². The molecule has 1 saturated heterocycles. The van der Waals surface area contributed by atoms with Crippen LogP contribution in [0.2, 0.25) is 0 Å². The molecule has 8 heteroatoms. The molecular formula is C18H22N2O5S.